The van der Waals surface area contributed by atoms with Crippen LogP contribution in [-0.4, -0.2) is 30.0 Å². The first-order valence-corrected chi connectivity index (χ1v) is 22.6. The van der Waals surface area contributed by atoms with Gasteiger partial charge in [0.2, 0.25) is 0 Å². The molecule has 3 nitrogen and oxygen atoms in total. The Morgan fingerprint density at radius 2 is 0.592 bits per heavy atom. The first-order chi connectivity index (χ1) is 23.7. The molecule has 0 spiro atoms. The smallest absolute Gasteiger partial charge is 0.550 e. The summed E-state index contributed by atoms with van der Waals surface area (Å²) in [6.45, 7) is 8.86. The number of nitrogens with zero attached hydrogens (tertiary/aromatic N) is 1. The van der Waals surface area contributed by atoms with E-state index < -0.39 is 5.97 Å². The van der Waals surface area contributed by atoms with Gasteiger partial charge in [0, 0.05) is 18.4 Å². The van der Waals surface area contributed by atoms with Crippen LogP contribution >= 0.6 is 0 Å². The fourth-order valence-electron chi connectivity index (χ4n) is 7.63. The minimum Gasteiger partial charge on any atom is -0.550 e. The number of hydrogen-bond acceptors (Lipinski definition) is 3. The number of carboxylic acid groups (broad SMARTS) is 1. The summed E-state index contributed by atoms with van der Waals surface area (Å²) < 4.78 is 0. The van der Waals surface area contributed by atoms with E-state index in [-0.39, 0.29) is 63.8 Å². The van der Waals surface area contributed by atoms with E-state index in [0.717, 1.165) is 19.5 Å². The summed E-state index contributed by atoms with van der Waals surface area (Å²) in [4.78, 5) is 13.9. The molecule has 0 radical (unpaired) electrons. The molecule has 288 valence electrons. The number of aliphatic carboxylic acids is 1. The fraction of sp³-hybridized carbons (Fsp3) is 0.978. The monoisotopic (exact) mass is 716 g/mol. The summed E-state index contributed by atoms with van der Waals surface area (Å²) in [6, 6.07) is 0.145. The summed E-state index contributed by atoms with van der Waals surface area (Å²) in [7, 11) is 0. The van der Waals surface area contributed by atoms with Crippen molar-refractivity contribution in [3.63, 3.8) is 0 Å². The van der Waals surface area contributed by atoms with E-state index in [1.54, 1.807) is 0 Å². The van der Waals surface area contributed by atoms with Crippen molar-refractivity contribution in [1.82, 2.24) is 4.90 Å². The Labute approximate surface area is 352 Å². The number of unbranched alkanes of at least 4 members (excludes halogenated alkanes) is 34. The third-order valence-electron chi connectivity index (χ3n) is 11.0. The molecule has 0 aliphatic rings. The summed E-state index contributed by atoms with van der Waals surface area (Å²) >= 11 is 0. The molecule has 1 unspecified atom stereocenters. The third kappa shape index (κ3) is 41.7. The van der Waals surface area contributed by atoms with Gasteiger partial charge in [0.25, 0.3) is 0 Å². The Morgan fingerprint density at radius 1 is 0.388 bits per heavy atom. The normalized spacial score (nSPS) is 12.1. The van der Waals surface area contributed by atoms with E-state index in [1.807, 2.05) is 0 Å². The van der Waals surface area contributed by atoms with E-state index in [4.69, 9.17) is 0 Å². The van der Waals surface area contributed by atoms with Gasteiger partial charge in [-0.1, -0.05) is 239 Å². The largest absolute Gasteiger partial charge is 1.00 e. The second-order valence-electron chi connectivity index (χ2n) is 15.7. The molecule has 0 rings (SSSR count). The van der Waals surface area contributed by atoms with Gasteiger partial charge in [-0.3, -0.25) is 0 Å². The maximum Gasteiger partial charge on any atom is 1.00 e. The molecular formula is C45H90KNO2. The van der Waals surface area contributed by atoms with Crippen molar-refractivity contribution < 1.29 is 61.3 Å². The van der Waals surface area contributed by atoms with Crippen LogP contribution in [0.3, 0.4) is 0 Å². The minimum absolute atomic E-state index is 0. The van der Waals surface area contributed by atoms with Crippen LogP contribution in [0, 0.1) is 0 Å². The predicted molar refractivity (Wildman–Crippen MR) is 213 cm³/mol. The van der Waals surface area contributed by atoms with Crippen LogP contribution in [0.25, 0.3) is 0 Å². The summed E-state index contributed by atoms with van der Waals surface area (Å²) in [5.41, 5.74) is 0. The molecule has 0 bridgehead atoms. The SMILES string of the molecule is CCCCCCCCCCCCCCCCCCCCN(CCCCCCCCCCCCCCCCCCCC)C(CC)CC(=O)[O-].[K+]. The van der Waals surface area contributed by atoms with E-state index in [9.17, 15) is 9.90 Å². The van der Waals surface area contributed by atoms with Crippen LogP contribution in [0.4, 0.5) is 0 Å². The quantitative estimate of drug-likeness (QED) is 0.0467. The number of rotatable bonds is 42. The van der Waals surface area contributed by atoms with Crippen molar-refractivity contribution in [2.45, 2.75) is 271 Å². The van der Waals surface area contributed by atoms with E-state index in [2.05, 4.69) is 25.7 Å². The Morgan fingerprint density at radius 3 is 0.776 bits per heavy atom. The molecule has 0 fully saturated rings. The van der Waals surface area contributed by atoms with Crippen molar-refractivity contribution in [2.75, 3.05) is 13.1 Å². The maximum absolute atomic E-state index is 11.4. The molecule has 4 heteroatoms. The number of hydrogen-bond donors (Lipinski definition) is 0. The molecule has 1 atom stereocenters. The van der Waals surface area contributed by atoms with Gasteiger partial charge in [-0.05, 0) is 32.4 Å². The van der Waals surface area contributed by atoms with Crippen molar-refractivity contribution in [3.05, 3.63) is 0 Å². The predicted octanol–water partition coefficient (Wildman–Crippen LogP) is 11.3. The molecule has 0 saturated heterocycles. The van der Waals surface area contributed by atoms with Gasteiger partial charge >= 0.3 is 51.4 Å². The van der Waals surface area contributed by atoms with Crippen molar-refractivity contribution >= 4 is 5.97 Å². The van der Waals surface area contributed by atoms with Crippen molar-refractivity contribution in [3.8, 4) is 0 Å². The van der Waals surface area contributed by atoms with Crippen LogP contribution in [0.1, 0.15) is 265 Å². The number of carbonyl (C=O) groups is 1. The zero-order valence-electron chi connectivity index (χ0n) is 34.6. The van der Waals surface area contributed by atoms with Crippen LogP contribution in [0.2, 0.25) is 0 Å². The molecule has 0 aliphatic heterocycles. The molecule has 0 aliphatic carbocycles. The molecule has 0 amide bonds. The summed E-state index contributed by atoms with van der Waals surface area (Å²) in [6.07, 6.45) is 51.6. The van der Waals surface area contributed by atoms with Gasteiger partial charge in [-0.25, -0.2) is 0 Å². The van der Waals surface area contributed by atoms with Gasteiger partial charge < -0.3 is 14.8 Å². The molecule has 0 heterocycles. The van der Waals surface area contributed by atoms with E-state index >= 15 is 0 Å². The number of carboxylic acids is 1. The Balaban J connectivity index is 0. The minimum atomic E-state index is -0.887. The van der Waals surface area contributed by atoms with Gasteiger partial charge in [0.1, 0.15) is 0 Å². The molecule has 0 aromatic heterocycles. The summed E-state index contributed by atoms with van der Waals surface area (Å²) in [5, 5.41) is 11.4. The van der Waals surface area contributed by atoms with E-state index in [1.165, 1.54) is 231 Å². The van der Waals surface area contributed by atoms with Crippen LogP contribution < -0.4 is 56.5 Å². The van der Waals surface area contributed by atoms with Gasteiger partial charge in [0.15, 0.2) is 0 Å². The third-order valence-corrected chi connectivity index (χ3v) is 11.0. The first kappa shape index (κ1) is 52.2. The van der Waals surface area contributed by atoms with E-state index in [0.29, 0.717) is 0 Å². The Hall–Kier alpha value is 1.07. The average Bonchev–Trinajstić information content (AvgIpc) is 3.08. The molecule has 0 aromatic carbocycles. The molecule has 0 saturated carbocycles. The summed E-state index contributed by atoms with van der Waals surface area (Å²) in [5.74, 6) is -0.887. The zero-order chi connectivity index (χ0) is 35.0. The number of carbonyl (C=O) groups excluding carboxylic acids is 1. The topological polar surface area (TPSA) is 43.4 Å². The fourth-order valence-corrected chi connectivity index (χ4v) is 7.63. The van der Waals surface area contributed by atoms with Gasteiger partial charge in [-0.2, -0.15) is 0 Å². The van der Waals surface area contributed by atoms with Gasteiger partial charge in [-0.15, -0.1) is 0 Å². The van der Waals surface area contributed by atoms with Crippen molar-refractivity contribution in [2.24, 2.45) is 0 Å². The zero-order valence-corrected chi connectivity index (χ0v) is 37.7. The molecule has 49 heavy (non-hydrogen) atoms. The molecule has 0 N–H and O–H groups in total. The maximum atomic E-state index is 11.4. The van der Waals surface area contributed by atoms with Crippen molar-refractivity contribution in [1.29, 1.82) is 0 Å². The molecular weight excluding hydrogens is 626 g/mol. The second kappa shape index (κ2) is 45.2. The average molecular weight is 716 g/mol. The van der Waals surface area contributed by atoms with Crippen LogP contribution in [-0.2, 0) is 4.79 Å². The van der Waals surface area contributed by atoms with Crippen LogP contribution in [0.15, 0.2) is 0 Å². The Bertz CT molecular complexity index is 575. The first-order valence-electron chi connectivity index (χ1n) is 22.6. The second-order valence-corrected chi connectivity index (χ2v) is 15.7. The van der Waals surface area contributed by atoms with Gasteiger partial charge in [0.05, 0.1) is 0 Å². The molecule has 0 aromatic rings. The standard InChI is InChI=1S/C45H91NO2.K/c1-4-7-9-11-13-15-17-19-21-23-25-27-29-31-33-35-37-39-41-46(44(6-3)43-45(47)48)42-40-38-36-34-32-30-28-26-24-22-20-18-16-14-12-10-8-5-2;/h44H,4-43H2,1-3H3,(H,47,48);/q;+1/p-1. The Kier molecular flexibility index (Phi) is 48.2. The van der Waals surface area contributed by atoms with Crippen LogP contribution in [0.5, 0.6) is 0 Å².